The molecule has 1 aliphatic rings. The molecule has 0 spiro atoms. The average molecular weight is 470 g/mol. The van der Waals surface area contributed by atoms with Crippen molar-refractivity contribution >= 4 is 31.4 Å². The number of hydrogen-bond donors (Lipinski definition) is 1. The van der Waals surface area contributed by atoms with Crippen molar-refractivity contribution in [3.63, 3.8) is 0 Å². The van der Waals surface area contributed by atoms with Gasteiger partial charge in [0, 0.05) is 12.1 Å². The zero-order valence-electron chi connectivity index (χ0n) is 17.6. The maximum absolute atomic E-state index is 13.6. The molecule has 9 heteroatoms. The fraction of sp³-hybridized carbons (Fsp3) is 0.174. The molecule has 1 heterocycles. The van der Waals surface area contributed by atoms with E-state index in [1.54, 1.807) is 55.5 Å². The van der Waals surface area contributed by atoms with Gasteiger partial charge < -0.3 is 0 Å². The first kappa shape index (κ1) is 22.0. The number of anilines is 1. The lowest BCUT2D eigenvalue weighted by atomic mass is 9.99. The quantitative estimate of drug-likeness (QED) is 0.592. The zero-order valence-corrected chi connectivity index (χ0v) is 19.3. The first-order chi connectivity index (χ1) is 15.1. The number of benzene rings is 3. The summed E-state index contributed by atoms with van der Waals surface area (Å²) in [4.78, 5) is 0.207. The standard InChI is InChI=1S/C23H23N3O4S2/c1-17-9-6-7-14-23(17)32(29,30)26-22(18-10-4-3-5-11-18)16-21(24-26)19-12-8-13-20(15-19)25-31(2,27)28/h3-15,22,25H,16H2,1-2H3/t22-/m0/s1. The van der Waals surface area contributed by atoms with Gasteiger partial charge >= 0.3 is 0 Å². The van der Waals surface area contributed by atoms with Gasteiger partial charge in [0.05, 0.1) is 22.9 Å². The fourth-order valence-electron chi connectivity index (χ4n) is 3.73. The Morgan fingerprint density at radius 3 is 2.28 bits per heavy atom. The van der Waals surface area contributed by atoms with Crippen LogP contribution in [0.3, 0.4) is 0 Å². The summed E-state index contributed by atoms with van der Waals surface area (Å²) in [7, 11) is -7.35. The van der Waals surface area contributed by atoms with Crippen LogP contribution in [0.4, 0.5) is 5.69 Å². The summed E-state index contributed by atoms with van der Waals surface area (Å²) in [5.74, 6) is 0. The van der Waals surface area contributed by atoms with Crippen LogP contribution in [0.15, 0.2) is 88.9 Å². The number of aryl methyl sites for hydroxylation is 1. The monoisotopic (exact) mass is 469 g/mol. The molecular weight excluding hydrogens is 446 g/mol. The Bertz CT molecular complexity index is 1390. The number of sulfonamides is 2. The van der Waals surface area contributed by atoms with Crippen molar-refractivity contribution < 1.29 is 16.8 Å². The van der Waals surface area contributed by atoms with Crippen molar-refractivity contribution in [3.05, 3.63) is 95.6 Å². The molecule has 32 heavy (non-hydrogen) atoms. The van der Waals surface area contributed by atoms with E-state index < -0.39 is 26.1 Å². The Morgan fingerprint density at radius 2 is 1.59 bits per heavy atom. The third kappa shape index (κ3) is 4.53. The van der Waals surface area contributed by atoms with Crippen LogP contribution in [0.25, 0.3) is 0 Å². The first-order valence-electron chi connectivity index (χ1n) is 9.96. The van der Waals surface area contributed by atoms with Crippen LogP contribution in [0.5, 0.6) is 0 Å². The van der Waals surface area contributed by atoms with Gasteiger partial charge in [-0.2, -0.15) is 17.9 Å². The summed E-state index contributed by atoms with van der Waals surface area (Å²) in [5, 5.41) is 4.53. The lowest BCUT2D eigenvalue weighted by molar-refractivity contribution is 0.371. The molecule has 0 saturated heterocycles. The highest BCUT2D eigenvalue weighted by molar-refractivity contribution is 7.92. The maximum Gasteiger partial charge on any atom is 0.279 e. The SMILES string of the molecule is Cc1ccccc1S(=O)(=O)N1N=C(c2cccc(NS(C)(=O)=O)c2)C[C@H]1c1ccccc1. The third-order valence-electron chi connectivity index (χ3n) is 5.17. The largest absolute Gasteiger partial charge is 0.284 e. The van der Waals surface area contributed by atoms with E-state index in [9.17, 15) is 16.8 Å². The Labute approximate surface area is 188 Å². The summed E-state index contributed by atoms with van der Waals surface area (Å²) in [6.45, 7) is 1.76. The molecule has 3 aromatic rings. The Hall–Kier alpha value is -3.17. The summed E-state index contributed by atoms with van der Waals surface area (Å²) in [6, 6.07) is 22.5. The predicted molar refractivity (Wildman–Crippen MR) is 125 cm³/mol. The second-order valence-corrected chi connectivity index (χ2v) is 11.2. The van der Waals surface area contributed by atoms with Crippen molar-refractivity contribution in [1.82, 2.24) is 4.41 Å². The van der Waals surface area contributed by atoms with Gasteiger partial charge in [0.1, 0.15) is 0 Å². The van der Waals surface area contributed by atoms with E-state index >= 15 is 0 Å². The van der Waals surface area contributed by atoms with Crippen LogP contribution in [-0.4, -0.2) is 33.2 Å². The van der Waals surface area contributed by atoms with Gasteiger partial charge in [-0.3, -0.25) is 4.72 Å². The van der Waals surface area contributed by atoms with Gasteiger partial charge in [0.2, 0.25) is 10.0 Å². The van der Waals surface area contributed by atoms with Crippen molar-refractivity contribution in [2.45, 2.75) is 24.3 Å². The molecule has 0 aliphatic carbocycles. The fourth-order valence-corrected chi connectivity index (χ4v) is 5.95. The summed E-state index contributed by atoms with van der Waals surface area (Å²) in [5.41, 5.74) is 3.08. The van der Waals surface area contributed by atoms with E-state index in [4.69, 9.17) is 0 Å². The normalized spacial score (nSPS) is 16.6. The molecule has 4 rings (SSSR count). The molecule has 7 nitrogen and oxygen atoms in total. The van der Waals surface area contributed by atoms with Gasteiger partial charge in [-0.1, -0.05) is 60.7 Å². The molecule has 0 aromatic heterocycles. The maximum atomic E-state index is 13.6. The average Bonchev–Trinajstić information content (AvgIpc) is 3.20. The Balaban J connectivity index is 1.79. The highest BCUT2D eigenvalue weighted by Crippen LogP contribution is 2.38. The van der Waals surface area contributed by atoms with Crippen LogP contribution >= 0.6 is 0 Å². The Kier molecular flexibility index (Phi) is 5.79. The smallest absolute Gasteiger partial charge is 0.279 e. The molecule has 1 N–H and O–H groups in total. The van der Waals surface area contributed by atoms with Crippen molar-refractivity contribution in [3.8, 4) is 0 Å². The van der Waals surface area contributed by atoms with Crippen LogP contribution < -0.4 is 4.72 Å². The van der Waals surface area contributed by atoms with Gasteiger partial charge in [-0.15, -0.1) is 0 Å². The van der Waals surface area contributed by atoms with E-state index in [0.717, 1.165) is 11.8 Å². The van der Waals surface area contributed by atoms with Crippen LogP contribution in [0.2, 0.25) is 0 Å². The second-order valence-electron chi connectivity index (χ2n) is 7.68. The number of hydrazone groups is 1. The van der Waals surface area contributed by atoms with Gasteiger partial charge in [0.15, 0.2) is 0 Å². The van der Waals surface area contributed by atoms with E-state index in [1.807, 2.05) is 30.3 Å². The zero-order chi connectivity index (χ0) is 22.9. The minimum atomic E-state index is -3.91. The number of nitrogens with zero attached hydrogens (tertiary/aromatic N) is 2. The van der Waals surface area contributed by atoms with Crippen molar-refractivity contribution in [2.24, 2.45) is 5.10 Å². The molecule has 0 fully saturated rings. The highest BCUT2D eigenvalue weighted by Gasteiger charge is 2.38. The first-order valence-corrected chi connectivity index (χ1v) is 13.3. The third-order valence-corrected chi connectivity index (χ3v) is 7.62. The topological polar surface area (TPSA) is 95.9 Å². The van der Waals surface area contributed by atoms with Crippen LogP contribution in [-0.2, 0) is 20.0 Å². The van der Waals surface area contributed by atoms with Crippen LogP contribution in [0.1, 0.15) is 29.2 Å². The molecule has 1 aliphatic heterocycles. The number of rotatable bonds is 6. The second kappa shape index (κ2) is 8.40. The summed E-state index contributed by atoms with van der Waals surface area (Å²) >= 11 is 0. The number of hydrogen-bond acceptors (Lipinski definition) is 5. The number of nitrogens with one attached hydrogen (secondary N) is 1. The molecule has 1 atom stereocenters. The van der Waals surface area contributed by atoms with E-state index in [2.05, 4.69) is 9.82 Å². The minimum Gasteiger partial charge on any atom is -0.284 e. The molecule has 0 unspecified atom stereocenters. The lowest BCUT2D eigenvalue weighted by Crippen LogP contribution is -2.27. The predicted octanol–water partition coefficient (Wildman–Crippen LogP) is 3.91. The molecular formula is C23H23N3O4S2. The van der Waals surface area contributed by atoms with Gasteiger partial charge in [-0.25, -0.2) is 8.42 Å². The van der Waals surface area contributed by atoms with E-state index in [0.29, 0.717) is 28.9 Å². The van der Waals surface area contributed by atoms with E-state index in [1.165, 1.54) is 4.41 Å². The molecule has 3 aromatic carbocycles. The molecule has 0 radical (unpaired) electrons. The highest BCUT2D eigenvalue weighted by atomic mass is 32.2. The summed E-state index contributed by atoms with van der Waals surface area (Å²) in [6.07, 6.45) is 1.44. The molecule has 0 bridgehead atoms. The van der Waals surface area contributed by atoms with Crippen LogP contribution in [0, 0.1) is 6.92 Å². The Morgan fingerprint density at radius 1 is 0.906 bits per heavy atom. The lowest BCUT2D eigenvalue weighted by Gasteiger charge is -2.24. The van der Waals surface area contributed by atoms with E-state index in [-0.39, 0.29) is 4.90 Å². The molecule has 166 valence electrons. The molecule has 0 saturated carbocycles. The molecule has 0 amide bonds. The minimum absolute atomic E-state index is 0.207. The van der Waals surface area contributed by atoms with Crippen molar-refractivity contribution in [2.75, 3.05) is 11.0 Å². The summed E-state index contributed by atoms with van der Waals surface area (Å²) < 4.78 is 54.0. The van der Waals surface area contributed by atoms with Gasteiger partial charge in [0.25, 0.3) is 10.0 Å². The van der Waals surface area contributed by atoms with Gasteiger partial charge in [-0.05, 0) is 41.8 Å². The van der Waals surface area contributed by atoms with Crippen molar-refractivity contribution in [1.29, 1.82) is 0 Å².